The lowest BCUT2D eigenvalue weighted by Gasteiger charge is -2.24. The fourth-order valence-electron chi connectivity index (χ4n) is 1.04. The van der Waals surface area contributed by atoms with Crippen LogP contribution in [0.3, 0.4) is 0 Å². The van der Waals surface area contributed by atoms with Crippen molar-refractivity contribution in [2.24, 2.45) is 0 Å². The van der Waals surface area contributed by atoms with Gasteiger partial charge in [0.25, 0.3) is 0 Å². The van der Waals surface area contributed by atoms with E-state index >= 15 is 0 Å². The summed E-state index contributed by atoms with van der Waals surface area (Å²) in [6, 6.07) is 5.70. The van der Waals surface area contributed by atoms with E-state index < -0.39 is 0 Å². The van der Waals surface area contributed by atoms with Gasteiger partial charge in [0.15, 0.2) is 0 Å². The standard InChI is InChI=1S/C12H18ClNO/c1-9-7-10(5-6-11(9)13)15-8-12(2,3)14-4/h5-7,14H,8H2,1-4H3. The van der Waals surface area contributed by atoms with Crippen molar-refractivity contribution in [1.29, 1.82) is 0 Å². The average Bonchev–Trinajstić information content (AvgIpc) is 2.20. The first kappa shape index (κ1) is 12.3. The number of nitrogens with one attached hydrogen (secondary N) is 1. The van der Waals surface area contributed by atoms with Crippen molar-refractivity contribution >= 4 is 11.6 Å². The molecule has 3 heteroatoms. The number of hydrogen-bond acceptors (Lipinski definition) is 2. The molecule has 0 atom stereocenters. The van der Waals surface area contributed by atoms with Gasteiger partial charge < -0.3 is 10.1 Å². The van der Waals surface area contributed by atoms with Crippen LogP contribution in [0.1, 0.15) is 19.4 Å². The first-order chi connectivity index (χ1) is 6.94. The molecular weight excluding hydrogens is 210 g/mol. The predicted molar refractivity (Wildman–Crippen MR) is 64.8 cm³/mol. The molecule has 15 heavy (non-hydrogen) atoms. The lowest BCUT2D eigenvalue weighted by atomic mass is 10.1. The Morgan fingerprint density at radius 1 is 1.40 bits per heavy atom. The molecule has 0 radical (unpaired) electrons. The molecule has 0 aliphatic carbocycles. The van der Waals surface area contributed by atoms with Crippen LogP contribution in [0.4, 0.5) is 0 Å². The molecule has 1 aromatic rings. The third-order valence-corrected chi connectivity index (χ3v) is 2.83. The van der Waals surface area contributed by atoms with E-state index in [4.69, 9.17) is 16.3 Å². The van der Waals surface area contributed by atoms with Gasteiger partial charge in [-0.15, -0.1) is 0 Å². The lowest BCUT2D eigenvalue weighted by molar-refractivity contribution is 0.217. The second-order valence-corrected chi connectivity index (χ2v) is 4.74. The Hall–Kier alpha value is -0.730. The highest BCUT2D eigenvalue weighted by Crippen LogP contribution is 2.21. The summed E-state index contributed by atoms with van der Waals surface area (Å²) in [5.74, 6) is 0.861. The maximum atomic E-state index is 5.93. The summed E-state index contributed by atoms with van der Waals surface area (Å²) >= 11 is 5.93. The van der Waals surface area contributed by atoms with E-state index in [2.05, 4.69) is 19.2 Å². The Balaban J connectivity index is 2.62. The van der Waals surface area contributed by atoms with Gasteiger partial charge >= 0.3 is 0 Å². The Morgan fingerprint density at radius 2 is 2.07 bits per heavy atom. The molecule has 0 bridgehead atoms. The summed E-state index contributed by atoms with van der Waals surface area (Å²) in [6.45, 7) is 6.79. The fraction of sp³-hybridized carbons (Fsp3) is 0.500. The average molecular weight is 228 g/mol. The van der Waals surface area contributed by atoms with Crippen molar-refractivity contribution in [1.82, 2.24) is 5.32 Å². The molecule has 84 valence electrons. The molecule has 0 aliphatic heterocycles. The van der Waals surface area contributed by atoms with Crippen LogP contribution in [0.2, 0.25) is 5.02 Å². The van der Waals surface area contributed by atoms with E-state index in [0.717, 1.165) is 16.3 Å². The third kappa shape index (κ3) is 3.73. The van der Waals surface area contributed by atoms with Crippen LogP contribution in [0, 0.1) is 6.92 Å². The summed E-state index contributed by atoms with van der Waals surface area (Å²) < 4.78 is 5.68. The smallest absolute Gasteiger partial charge is 0.119 e. The van der Waals surface area contributed by atoms with Gasteiger partial charge in [-0.1, -0.05) is 11.6 Å². The van der Waals surface area contributed by atoms with Gasteiger partial charge in [0.2, 0.25) is 0 Å². The minimum atomic E-state index is -0.0203. The monoisotopic (exact) mass is 227 g/mol. The summed E-state index contributed by atoms with van der Waals surface area (Å²) in [7, 11) is 1.93. The van der Waals surface area contributed by atoms with Crippen LogP contribution >= 0.6 is 11.6 Å². The molecule has 0 saturated carbocycles. The predicted octanol–water partition coefficient (Wildman–Crippen LogP) is 3.03. The highest BCUT2D eigenvalue weighted by molar-refractivity contribution is 6.31. The van der Waals surface area contributed by atoms with Crippen LogP contribution in [0.25, 0.3) is 0 Å². The van der Waals surface area contributed by atoms with Gasteiger partial charge in [-0.05, 0) is 51.6 Å². The summed E-state index contributed by atoms with van der Waals surface area (Å²) in [6.07, 6.45) is 0. The molecule has 0 unspecified atom stereocenters. The van der Waals surface area contributed by atoms with E-state index in [1.165, 1.54) is 0 Å². The highest BCUT2D eigenvalue weighted by atomic mass is 35.5. The van der Waals surface area contributed by atoms with Gasteiger partial charge in [-0.2, -0.15) is 0 Å². The molecule has 1 rings (SSSR count). The number of halogens is 1. The summed E-state index contributed by atoms with van der Waals surface area (Å²) in [4.78, 5) is 0. The van der Waals surface area contributed by atoms with Crippen molar-refractivity contribution in [3.8, 4) is 5.75 Å². The van der Waals surface area contributed by atoms with Crippen LogP contribution in [-0.4, -0.2) is 19.2 Å². The van der Waals surface area contributed by atoms with Crippen molar-refractivity contribution in [3.63, 3.8) is 0 Å². The molecule has 0 saturated heterocycles. The van der Waals surface area contributed by atoms with Gasteiger partial charge in [-0.3, -0.25) is 0 Å². The Labute approximate surface area is 96.6 Å². The maximum absolute atomic E-state index is 5.93. The number of likely N-dealkylation sites (N-methyl/N-ethyl adjacent to an activating group) is 1. The second-order valence-electron chi connectivity index (χ2n) is 4.33. The maximum Gasteiger partial charge on any atom is 0.119 e. The van der Waals surface area contributed by atoms with E-state index in [0.29, 0.717) is 6.61 Å². The summed E-state index contributed by atoms with van der Waals surface area (Å²) in [5, 5.41) is 3.96. The number of ether oxygens (including phenoxy) is 1. The highest BCUT2D eigenvalue weighted by Gasteiger charge is 2.15. The molecule has 0 spiro atoms. The van der Waals surface area contributed by atoms with Gasteiger partial charge in [0.1, 0.15) is 12.4 Å². The molecule has 1 aromatic carbocycles. The van der Waals surface area contributed by atoms with Gasteiger partial charge in [0, 0.05) is 10.6 Å². The first-order valence-corrected chi connectivity index (χ1v) is 5.40. The lowest BCUT2D eigenvalue weighted by Crippen LogP contribution is -2.42. The molecule has 0 fully saturated rings. The van der Waals surface area contributed by atoms with E-state index in [-0.39, 0.29) is 5.54 Å². The van der Waals surface area contributed by atoms with Gasteiger partial charge in [0.05, 0.1) is 0 Å². The van der Waals surface area contributed by atoms with Crippen LogP contribution < -0.4 is 10.1 Å². The zero-order valence-electron chi connectivity index (χ0n) is 9.73. The number of benzene rings is 1. The zero-order chi connectivity index (χ0) is 11.5. The van der Waals surface area contributed by atoms with Crippen LogP contribution in [0.15, 0.2) is 18.2 Å². The summed E-state index contributed by atoms with van der Waals surface area (Å²) in [5.41, 5.74) is 1.02. The first-order valence-electron chi connectivity index (χ1n) is 5.02. The quantitative estimate of drug-likeness (QED) is 0.854. The second kappa shape index (κ2) is 4.86. The molecule has 0 amide bonds. The van der Waals surface area contributed by atoms with E-state index in [9.17, 15) is 0 Å². The van der Waals surface area contributed by atoms with Crippen molar-refractivity contribution in [2.45, 2.75) is 26.3 Å². The van der Waals surface area contributed by atoms with Crippen molar-refractivity contribution < 1.29 is 4.74 Å². The van der Waals surface area contributed by atoms with E-state index in [1.54, 1.807) is 0 Å². The van der Waals surface area contributed by atoms with Crippen LogP contribution in [-0.2, 0) is 0 Å². The normalized spacial score (nSPS) is 11.5. The molecule has 0 aliphatic rings. The Kier molecular flexibility index (Phi) is 4.00. The van der Waals surface area contributed by atoms with Gasteiger partial charge in [-0.25, -0.2) is 0 Å². The SMILES string of the molecule is CNC(C)(C)COc1ccc(Cl)c(C)c1. The van der Waals surface area contributed by atoms with Crippen molar-refractivity contribution in [2.75, 3.05) is 13.7 Å². The van der Waals surface area contributed by atoms with Crippen molar-refractivity contribution in [3.05, 3.63) is 28.8 Å². The fourth-order valence-corrected chi connectivity index (χ4v) is 1.16. The molecule has 1 N–H and O–H groups in total. The zero-order valence-corrected chi connectivity index (χ0v) is 10.5. The minimum Gasteiger partial charge on any atom is -0.492 e. The van der Waals surface area contributed by atoms with E-state index in [1.807, 2.05) is 32.2 Å². The number of rotatable bonds is 4. The molecular formula is C12H18ClNO. The Bertz CT molecular complexity index is 336. The Morgan fingerprint density at radius 3 is 2.60 bits per heavy atom. The topological polar surface area (TPSA) is 21.3 Å². The molecule has 2 nitrogen and oxygen atoms in total. The number of aryl methyl sites for hydroxylation is 1. The third-order valence-electron chi connectivity index (χ3n) is 2.41. The van der Waals surface area contributed by atoms with Crippen LogP contribution in [0.5, 0.6) is 5.75 Å². The molecule has 0 heterocycles. The minimum absolute atomic E-state index is 0.0203. The number of hydrogen-bond donors (Lipinski definition) is 1. The largest absolute Gasteiger partial charge is 0.492 e. The molecule has 0 aromatic heterocycles.